The van der Waals surface area contributed by atoms with Crippen molar-refractivity contribution in [2.75, 3.05) is 24.7 Å². The molecule has 0 aliphatic carbocycles. The zero-order valence-corrected chi connectivity index (χ0v) is 12.8. The van der Waals surface area contributed by atoms with Gasteiger partial charge in [0.1, 0.15) is 5.75 Å². The molecule has 1 unspecified atom stereocenters. The average molecular weight is 280 g/mol. The molecule has 1 aromatic carbocycles. The Labute approximate surface area is 120 Å². The summed E-state index contributed by atoms with van der Waals surface area (Å²) >= 11 is 1.94. The van der Waals surface area contributed by atoms with E-state index in [0.717, 1.165) is 30.5 Å². The van der Waals surface area contributed by atoms with E-state index >= 15 is 0 Å². The molecule has 0 aromatic heterocycles. The fourth-order valence-electron chi connectivity index (χ4n) is 2.38. The highest BCUT2D eigenvalue weighted by Gasteiger charge is 2.13. The van der Waals surface area contributed by atoms with Crippen molar-refractivity contribution in [3.8, 4) is 5.75 Å². The summed E-state index contributed by atoms with van der Waals surface area (Å²) in [5.41, 5.74) is 2.45. The number of hydrogen-bond donors (Lipinski definition) is 0. The van der Waals surface area contributed by atoms with Crippen molar-refractivity contribution in [3.63, 3.8) is 0 Å². The van der Waals surface area contributed by atoms with Gasteiger partial charge in [0.15, 0.2) is 0 Å². The summed E-state index contributed by atoms with van der Waals surface area (Å²) in [4.78, 5) is 0. The number of aryl methyl sites for hydroxylation is 2. The molecule has 0 saturated carbocycles. The minimum Gasteiger partial charge on any atom is -0.492 e. The summed E-state index contributed by atoms with van der Waals surface area (Å²) in [5, 5.41) is 0. The molecule has 0 amide bonds. The maximum atomic E-state index is 5.90. The Morgan fingerprint density at radius 3 is 2.74 bits per heavy atom. The number of thioether (sulfide) groups is 1. The van der Waals surface area contributed by atoms with Crippen LogP contribution in [-0.2, 0) is 4.74 Å². The van der Waals surface area contributed by atoms with E-state index < -0.39 is 0 Å². The van der Waals surface area contributed by atoms with Crippen molar-refractivity contribution in [2.45, 2.75) is 39.2 Å². The lowest BCUT2D eigenvalue weighted by Gasteiger charge is -2.22. The van der Waals surface area contributed by atoms with E-state index in [2.05, 4.69) is 32.0 Å². The standard InChI is InChI=1S/C16H24O2S/c1-13-6-5-7-14(2)16(13)18-10-11-19-12-15-8-3-4-9-17-15/h5-7,15H,3-4,8-12H2,1-2H3. The van der Waals surface area contributed by atoms with Crippen LogP contribution in [0.3, 0.4) is 0 Å². The van der Waals surface area contributed by atoms with Crippen molar-refractivity contribution < 1.29 is 9.47 Å². The normalized spacial score (nSPS) is 19.4. The van der Waals surface area contributed by atoms with Crippen molar-refractivity contribution in [2.24, 2.45) is 0 Å². The molecule has 1 heterocycles. The van der Waals surface area contributed by atoms with Gasteiger partial charge in [-0.1, -0.05) is 18.2 Å². The molecule has 1 aromatic rings. The molecule has 0 N–H and O–H groups in total. The first kappa shape index (κ1) is 14.7. The van der Waals surface area contributed by atoms with Gasteiger partial charge in [0.2, 0.25) is 0 Å². The number of hydrogen-bond acceptors (Lipinski definition) is 3. The zero-order chi connectivity index (χ0) is 13.5. The molecule has 2 nitrogen and oxygen atoms in total. The molecule has 106 valence electrons. The van der Waals surface area contributed by atoms with Crippen molar-refractivity contribution >= 4 is 11.8 Å². The molecule has 19 heavy (non-hydrogen) atoms. The highest BCUT2D eigenvalue weighted by Crippen LogP contribution is 2.23. The third-order valence-electron chi connectivity index (χ3n) is 3.46. The second-order valence-corrected chi connectivity index (χ2v) is 6.28. The van der Waals surface area contributed by atoms with Gasteiger partial charge in [-0.05, 0) is 44.2 Å². The van der Waals surface area contributed by atoms with E-state index in [1.807, 2.05) is 11.8 Å². The summed E-state index contributed by atoms with van der Waals surface area (Å²) in [6.07, 6.45) is 4.25. The topological polar surface area (TPSA) is 18.5 Å². The second-order valence-electron chi connectivity index (χ2n) is 5.13. The zero-order valence-electron chi connectivity index (χ0n) is 12.0. The monoisotopic (exact) mass is 280 g/mol. The fraction of sp³-hybridized carbons (Fsp3) is 0.625. The second kappa shape index (κ2) is 7.81. The van der Waals surface area contributed by atoms with Crippen molar-refractivity contribution in [1.29, 1.82) is 0 Å². The summed E-state index contributed by atoms with van der Waals surface area (Å²) < 4.78 is 11.6. The van der Waals surface area contributed by atoms with Gasteiger partial charge in [0.05, 0.1) is 12.7 Å². The Morgan fingerprint density at radius 2 is 2.05 bits per heavy atom. The molecular weight excluding hydrogens is 256 g/mol. The summed E-state index contributed by atoms with van der Waals surface area (Å²) in [5.74, 6) is 3.20. The lowest BCUT2D eigenvalue weighted by atomic mass is 10.1. The molecule has 0 bridgehead atoms. The smallest absolute Gasteiger partial charge is 0.125 e. The highest BCUT2D eigenvalue weighted by molar-refractivity contribution is 7.99. The highest BCUT2D eigenvalue weighted by atomic mass is 32.2. The first-order valence-corrected chi connectivity index (χ1v) is 8.31. The van der Waals surface area contributed by atoms with Crippen LogP contribution in [-0.4, -0.2) is 30.8 Å². The SMILES string of the molecule is Cc1cccc(C)c1OCCSCC1CCCCO1. The maximum Gasteiger partial charge on any atom is 0.125 e. The van der Waals surface area contributed by atoms with Crippen LogP contribution in [0.4, 0.5) is 0 Å². The van der Waals surface area contributed by atoms with Gasteiger partial charge in [-0.3, -0.25) is 0 Å². The van der Waals surface area contributed by atoms with Gasteiger partial charge in [-0.2, -0.15) is 11.8 Å². The Kier molecular flexibility index (Phi) is 6.05. The Bertz CT molecular complexity index is 366. The molecule has 1 saturated heterocycles. The lowest BCUT2D eigenvalue weighted by Crippen LogP contribution is -2.21. The van der Waals surface area contributed by atoms with E-state index in [9.17, 15) is 0 Å². The van der Waals surface area contributed by atoms with E-state index in [0.29, 0.717) is 6.10 Å². The number of para-hydroxylation sites is 1. The number of benzene rings is 1. The quantitative estimate of drug-likeness (QED) is 0.734. The molecule has 2 rings (SSSR count). The lowest BCUT2D eigenvalue weighted by molar-refractivity contribution is 0.0315. The van der Waals surface area contributed by atoms with Crippen LogP contribution < -0.4 is 4.74 Å². The first-order valence-electron chi connectivity index (χ1n) is 7.16. The predicted octanol–water partition coefficient (Wildman–Crippen LogP) is 3.98. The van der Waals surface area contributed by atoms with Crippen LogP contribution in [0.2, 0.25) is 0 Å². The van der Waals surface area contributed by atoms with Crippen molar-refractivity contribution in [1.82, 2.24) is 0 Å². The molecular formula is C16H24O2S. The molecule has 1 aliphatic heterocycles. The number of ether oxygens (including phenoxy) is 2. The molecule has 1 atom stereocenters. The molecule has 3 heteroatoms. The van der Waals surface area contributed by atoms with Crippen LogP contribution >= 0.6 is 11.8 Å². The average Bonchev–Trinajstić information content (AvgIpc) is 2.42. The molecule has 0 radical (unpaired) electrons. The van der Waals surface area contributed by atoms with Gasteiger partial charge in [0, 0.05) is 18.1 Å². The predicted molar refractivity (Wildman–Crippen MR) is 82.3 cm³/mol. The van der Waals surface area contributed by atoms with Gasteiger partial charge < -0.3 is 9.47 Å². The summed E-state index contributed by atoms with van der Waals surface area (Å²) in [6.45, 7) is 5.93. The third kappa shape index (κ3) is 4.73. The van der Waals surface area contributed by atoms with E-state index in [-0.39, 0.29) is 0 Å². The van der Waals surface area contributed by atoms with Crippen LogP contribution in [0.15, 0.2) is 18.2 Å². The van der Waals surface area contributed by atoms with Crippen LogP contribution in [0.5, 0.6) is 5.75 Å². The number of rotatable bonds is 6. The van der Waals surface area contributed by atoms with Gasteiger partial charge in [-0.15, -0.1) is 0 Å². The van der Waals surface area contributed by atoms with E-state index in [1.165, 1.54) is 30.4 Å². The van der Waals surface area contributed by atoms with Crippen LogP contribution in [0.25, 0.3) is 0 Å². The largest absolute Gasteiger partial charge is 0.492 e. The third-order valence-corrected chi connectivity index (χ3v) is 4.52. The summed E-state index contributed by atoms with van der Waals surface area (Å²) in [7, 11) is 0. The maximum absolute atomic E-state index is 5.90. The molecule has 1 fully saturated rings. The Morgan fingerprint density at radius 1 is 1.26 bits per heavy atom. The first-order chi connectivity index (χ1) is 9.27. The summed E-state index contributed by atoms with van der Waals surface area (Å²) in [6, 6.07) is 6.28. The Balaban J connectivity index is 1.63. The van der Waals surface area contributed by atoms with Gasteiger partial charge >= 0.3 is 0 Å². The van der Waals surface area contributed by atoms with Crippen LogP contribution in [0.1, 0.15) is 30.4 Å². The van der Waals surface area contributed by atoms with Crippen molar-refractivity contribution in [3.05, 3.63) is 29.3 Å². The van der Waals surface area contributed by atoms with E-state index in [1.54, 1.807) is 0 Å². The van der Waals surface area contributed by atoms with E-state index in [4.69, 9.17) is 9.47 Å². The Hall–Kier alpha value is -0.670. The molecule has 0 spiro atoms. The minimum atomic E-state index is 0.471. The fourth-order valence-corrected chi connectivity index (χ4v) is 3.28. The van der Waals surface area contributed by atoms with Crippen LogP contribution in [0, 0.1) is 13.8 Å². The molecule has 1 aliphatic rings. The van der Waals surface area contributed by atoms with Gasteiger partial charge in [0.25, 0.3) is 0 Å². The van der Waals surface area contributed by atoms with Gasteiger partial charge in [-0.25, -0.2) is 0 Å². The minimum absolute atomic E-state index is 0.471.